The molecule has 1 heterocycles. The lowest BCUT2D eigenvalue weighted by Gasteiger charge is -2.04. The Morgan fingerprint density at radius 1 is 1.35 bits per heavy atom. The highest BCUT2D eigenvalue weighted by molar-refractivity contribution is 5.92. The van der Waals surface area contributed by atoms with Gasteiger partial charge < -0.3 is 10.1 Å². The molecule has 6 heteroatoms. The standard InChI is InChI=1S/C14H17N3O3/c1-20-13(18)5-3-2-4-8-16-14(19)12-7-6-11(9-15)10-17-12/h6-7,10H,2-5,8H2,1H3,(H,16,19). The molecule has 0 atom stereocenters. The summed E-state index contributed by atoms with van der Waals surface area (Å²) in [5, 5.41) is 11.4. The number of methoxy groups -OCH3 is 1. The van der Waals surface area contributed by atoms with Gasteiger partial charge in [-0.25, -0.2) is 4.98 Å². The van der Waals surface area contributed by atoms with Crippen LogP contribution in [0.1, 0.15) is 41.7 Å². The molecule has 0 spiro atoms. The van der Waals surface area contributed by atoms with Gasteiger partial charge in [-0.3, -0.25) is 9.59 Å². The molecule has 1 rings (SSSR count). The second-order valence-electron chi connectivity index (χ2n) is 4.19. The van der Waals surface area contributed by atoms with Gasteiger partial charge in [-0.2, -0.15) is 5.26 Å². The number of rotatable bonds is 7. The number of aromatic nitrogens is 1. The third-order valence-corrected chi connectivity index (χ3v) is 2.70. The zero-order valence-corrected chi connectivity index (χ0v) is 11.4. The largest absolute Gasteiger partial charge is 0.469 e. The van der Waals surface area contributed by atoms with Crippen molar-refractivity contribution in [3.63, 3.8) is 0 Å². The van der Waals surface area contributed by atoms with Gasteiger partial charge in [0, 0.05) is 19.2 Å². The van der Waals surface area contributed by atoms with Crippen LogP contribution >= 0.6 is 0 Å². The summed E-state index contributed by atoms with van der Waals surface area (Å²) < 4.78 is 4.53. The first kappa shape index (κ1) is 15.6. The first-order chi connectivity index (χ1) is 9.67. The Morgan fingerprint density at radius 3 is 2.75 bits per heavy atom. The summed E-state index contributed by atoms with van der Waals surface area (Å²) in [6.45, 7) is 0.529. The van der Waals surface area contributed by atoms with E-state index in [1.807, 2.05) is 6.07 Å². The van der Waals surface area contributed by atoms with E-state index in [4.69, 9.17) is 5.26 Å². The molecule has 0 aliphatic heterocycles. The Morgan fingerprint density at radius 2 is 2.15 bits per heavy atom. The molecule has 0 aliphatic rings. The van der Waals surface area contributed by atoms with E-state index in [-0.39, 0.29) is 11.9 Å². The van der Waals surface area contributed by atoms with Crippen LogP contribution in [0.2, 0.25) is 0 Å². The average molecular weight is 275 g/mol. The van der Waals surface area contributed by atoms with Crippen molar-refractivity contribution in [3.8, 4) is 6.07 Å². The number of unbranched alkanes of at least 4 members (excludes halogenated alkanes) is 2. The van der Waals surface area contributed by atoms with E-state index in [0.717, 1.165) is 19.3 Å². The normalized spacial score (nSPS) is 9.60. The summed E-state index contributed by atoms with van der Waals surface area (Å²) in [7, 11) is 1.37. The van der Waals surface area contributed by atoms with Gasteiger partial charge in [0.2, 0.25) is 0 Å². The van der Waals surface area contributed by atoms with Gasteiger partial charge in [0.05, 0.1) is 12.7 Å². The highest BCUT2D eigenvalue weighted by Gasteiger charge is 2.06. The minimum absolute atomic E-state index is 0.212. The van der Waals surface area contributed by atoms with Crippen LogP contribution in [-0.4, -0.2) is 30.5 Å². The molecule has 1 aromatic rings. The molecular weight excluding hydrogens is 258 g/mol. The molecule has 1 N–H and O–H groups in total. The van der Waals surface area contributed by atoms with Crippen molar-refractivity contribution in [2.45, 2.75) is 25.7 Å². The molecule has 0 fully saturated rings. The van der Waals surface area contributed by atoms with Gasteiger partial charge in [0.25, 0.3) is 5.91 Å². The first-order valence-electron chi connectivity index (χ1n) is 6.38. The highest BCUT2D eigenvalue weighted by atomic mass is 16.5. The summed E-state index contributed by atoms with van der Waals surface area (Å²) in [4.78, 5) is 26.5. The Balaban J connectivity index is 2.20. The maximum absolute atomic E-state index is 11.7. The van der Waals surface area contributed by atoms with Crippen molar-refractivity contribution >= 4 is 11.9 Å². The van der Waals surface area contributed by atoms with Crippen molar-refractivity contribution in [2.75, 3.05) is 13.7 Å². The number of nitrogens with zero attached hydrogens (tertiary/aromatic N) is 2. The topological polar surface area (TPSA) is 92.1 Å². The van der Waals surface area contributed by atoms with Crippen molar-refractivity contribution in [1.29, 1.82) is 5.26 Å². The van der Waals surface area contributed by atoms with Crippen LogP contribution in [0.4, 0.5) is 0 Å². The van der Waals surface area contributed by atoms with Crippen LogP contribution in [0.5, 0.6) is 0 Å². The Hall–Kier alpha value is -2.42. The number of pyridine rings is 1. The smallest absolute Gasteiger partial charge is 0.305 e. The third-order valence-electron chi connectivity index (χ3n) is 2.70. The monoisotopic (exact) mass is 275 g/mol. The number of carbonyl (C=O) groups excluding carboxylic acids is 2. The third kappa shape index (κ3) is 5.48. The number of carbonyl (C=O) groups is 2. The number of ether oxygens (including phenoxy) is 1. The van der Waals surface area contributed by atoms with E-state index >= 15 is 0 Å². The molecule has 1 aromatic heterocycles. The molecule has 0 bridgehead atoms. The lowest BCUT2D eigenvalue weighted by Crippen LogP contribution is -2.25. The van der Waals surface area contributed by atoms with Crippen molar-refractivity contribution < 1.29 is 14.3 Å². The SMILES string of the molecule is COC(=O)CCCCCNC(=O)c1ccc(C#N)cn1. The second-order valence-corrected chi connectivity index (χ2v) is 4.19. The maximum atomic E-state index is 11.7. The summed E-state index contributed by atoms with van der Waals surface area (Å²) in [5.41, 5.74) is 0.711. The molecule has 0 aromatic carbocycles. The molecule has 6 nitrogen and oxygen atoms in total. The van der Waals surface area contributed by atoms with Gasteiger partial charge in [-0.1, -0.05) is 6.42 Å². The maximum Gasteiger partial charge on any atom is 0.305 e. The van der Waals surface area contributed by atoms with E-state index in [9.17, 15) is 9.59 Å². The van der Waals surface area contributed by atoms with Gasteiger partial charge in [-0.15, -0.1) is 0 Å². The predicted octanol–water partition coefficient (Wildman–Crippen LogP) is 1.42. The minimum Gasteiger partial charge on any atom is -0.469 e. The van der Waals surface area contributed by atoms with Gasteiger partial charge in [-0.05, 0) is 25.0 Å². The number of amides is 1. The van der Waals surface area contributed by atoms with E-state index in [1.54, 1.807) is 6.07 Å². The fourth-order valence-electron chi connectivity index (χ4n) is 1.56. The van der Waals surface area contributed by atoms with E-state index in [2.05, 4.69) is 15.0 Å². The number of esters is 1. The van der Waals surface area contributed by atoms with E-state index in [1.165, 1.54) is 19.4 Å². The second kappa shape index (κ2) is 8.64. The molecule has 0 saturated carbocycles. The predicted molar refractivity (Wildman–Crippen MR) is 71.8 cm³/mol. The van der Waals surface area contributed by atoms with Gasteiger partial charge in [0.1, 0.15) is 11.8 Å². The Labute approximate surface area is 117 Å². The lowest BCUT2D eigenvalue weighted by molar-refractivity contribution is -0.140. The van der Waals surface area contributed by atoms with E-state index in [0.29, 0.717) is 24.2 Å². The van der Waals surface area contributed by atoms with E-state index < -0.39 is 0 Å². The number of nitriles is 1. The molecule has 20 heavy (non-hydrogen) atoms. The number of nitrogens with one attached hydrogen (secondary N) is 1. The number of hydrogen-bond donors (Lipinski definition) is 1. The zero-order valence-electron chi connectivity index (χ0n) is 11.4. The Kier molecular flexibility index (Phi) is 6.76. The number of hydrogen-bond acceptors (Lipinski definition) is 5. The van der Waals surface area contributed by atoms with Crippen molar-refractivity contribution in [1.82, 2.24) is 10.3 Å². The average Bonchev–Trinajstić information content (AvgIpc) is 2.50. The van der Waals surface area contributed by atoms with Gasteiger partial charge >= 0.3 is 5.97 Å². The lowest BCUT2D eigenvalue weighted by atomic mass is 10.2. The molecule has 106 valence electrons. The molecule has 0 unspecified atom stereocenters. The molecular formula is C14H17N3O3. The fraction of sp³-hybridized carbons (Fsp3) is 0.429. The quantitative estimate of drug-likeness (QED) is 0.600. The van der Waals surface area contributed by atoms with Crippen molar-refractivity contribution in [3.05, 3.63) is 29.6 Å². The first-order valence-corrected chi connectivity index (χ1v) is 6.38. The van der Waals surface area contributed by atoms with Crippen LogP contribution < -0.4 is 5.32 Å². The minimum atomic E-state index is -0.262. The Bertz CT molecular complexity index is 491. The van der Waals surface area contributed by atoms with Crippen molar-refractivity contribution in [2.24, 2.45) is 0 Å². The molecule has 1 amide bonds. The summed E-state index contributed by atoms with van der Waals surface area (Å²) in [6, 6.07) is 5.01. The summed E-state index contributed by atoms with van der Waals surface area (Å²) in [5.74, 6) is -0.474. The van der Waals surface area contributed by atoms with Crippen LogP contribution in [-0.2, 0) is 9.53 Å². The summed E-state index contributed by atoms with van der Waals surface area (Å²) >= 11 is 0. The van der Waals surface area contributed by atoms with Crippen LogP contribution in [0, 0.1) is 11.3 Å². The zero-order chi connectivity index (χ0) is 14.8. The van der Waals surface area contributed by atoms with Crippen LogP contribution in [0.3, 0.4) is 0 Å². The van der Waals surface area contributed by atoms with Crippen LogP contribution in [0.25, 0.3) is 0 Å². The van der Waals surface area contributed by atoms with Gasteiger partial charge in [0.15, 0.2) is 0 Å². The molecule has 0 radical (unpaired) electrons. The van der Waals surface area contributed by atoms with Crippen LogP contribution in [0.15, 0.2) is 18.3 Å². The fourth-order valence-corrected chi connectivity index (χ4v) is 1.56. The molecule has 0 aliphatic carbocycles. The highest BCUT2D eigenvalue weighted by Crippen LogP contribution is 2.01. The molecule has 0 saturated heterocycles. The summed E-state index contributed by atoms with van der Waals surface area (Å²) in [6.07, 6.45) is 4.15.